The van der Waals surface area contributed by atoms with Crippen LogP contribution in [-0.4, -0.2) is 12.6 Å². The molecule has 2 nitrogen and oxygen atoms in total. The molecule has 0 bridgehead atoms. The molecule has 1 fully saturated rings. The van der Waals surface area contributed by atoms with E-state index < -0.39 is 0 Å². The van der Waals surface area contributed by atoms with Crippen LogP contribution in [0.25, 0.3) is 0 Å². The van der Waals surface area contributed by atoms with Gasteiger partial charge in [0.15, 0.2) is 0 Å². The fourth-order valence-electron chi connectivity index (χ4n) is 2.51. The lowest BCUT2D eigenvalue weighted by molar-refractivity contribution is 0.398. The molecule has 0 aliphatic heterocycles. The zero-order valence-electron chi connectivity index (χ0n) is 9.42. The highest BCUT2D eigenvalue weighted by Gasteiger charge is 2.20. The zero-order valence-corrected chi connectivity index (χ0v) is 9.42. The Labute approximate surface area is 87.7 Å². The molecule has 0 aromatic rings. The van der Waals surface area contributed by atoms with Gasteiger partial charge in [-0.3, -0.25) is 0 Å². The van der Waals surface area contributed by atoms with Gasteiger partial charge in [0, 0.05) is 19.0 Å². The van der Waals surface area contributed by atoms with E-state index in [1.54, 1.807) is 0 Å². The molecule has 0 aromatic carbocycles. The number of nitrogens with one attached hydrogen (secondary N) is 1. The summed E-state index contributed by atoms with van der Waals surface area (Å²) in [6.07, 6.45) is 5.93. The van der Waals surface area contributed by atoms with E-state index in [0.29, 0.717) is 12.5 Å². The number of rotatable bonds is 3. The van der Waals surface area contributed by atoms with E-state index in [9.17, 15) is 0 Å². The zero-order chi connectivity index (χ0) is 10.4. The first-order valence-corrected chi connectivity index (χ1v) is 5.82. The van der Waals surface area contributed by atoms with Crippen molar-refractivity contribution in [2.24, 2.45) is 11.8 Å². The van der Waals surface area contributed by atoms with Crippen molar-refractivity contribution in [1.29, 1.82) is 5.26 Å². The molecule has 3 atom stereocenters. The molecule has 2 heteroatoms. The van der Waals surface area contributed by atoms with Crippen LogP contribution in [0.15, 0.2) is 0 Å². The van der Waals surface area contributed by atoms with Gasteiger partial charge in [-0.1, -0.05) is 13.8 Å². The Bertz CT molecular complexity index is 195. The second-order valence-corrected chi connectivity index (χ2v) is 4.82. The lowest BCUT2D eigenvalue weighted by Crippen LogP contribution is -2.30. The Morgan fingerprint density at radius 2 is 2.00 bits per heavy atom. The molecule has 1 aliphatic carbocycles. The summed E-state index contributed by atoms with van der Waals surface area (Å²) >= 11 is 0. The summed E-state index contributed by atoms with van der Waals surface area (Å²) < 4.78 is 0. The first-order chi connectivity index (χ1) is 6.72. The van der Waals surface area contributed by atoms with Gasteiger partial charge < -0.3 is 5.32 Å². The van der Waals surface area contributed by atoms with Gasteiger partial charge in [-0.05, 0) is 37.5 Å². The third-order valence-electron chi connectivity index (χ3n) is 3.17. The minimum atomic E-state index is 0.639. The lowest BCUT2D eigenvalue weighted by atomic mass is 9.96. The van der Waals surface area contributed by atoms with Crippen molar-refractivity contribution in [2.45, 2.75) is 52.0 Å². The highest BCUT2D eigenvalue weighted by Crippen LogP contribution is 2.27. The molecule has 0 aromatic heterocycles. The van der Waals surface area contributed by atoms with E-state index in [-0.39, 0.29) is 0 Å². The molecule has 3 unspecified atom stereocenters. The number of hydrogen-bond acceptors (Lipinski definition) is 2. The maximum absolute atomic E-state index is 8.46. The van der Waals surface area contributed by atoms with Crippen molar-refractivity contribution in [3.8, 4) is 6.07 Å². The van der Waals surface area contributed by atoms with Crippen LogP contribution in [0.3, 0.4) is 0 Å². The first-order valence-electron chi connectivity index (χ1n) is 5.82. The Morgan fingerprint density at radius 1 is 1.21 bits per heavy atom. The van der Waals surface area contributed by atoms with Crippen LogP contribution in [0.2, 0.25) is 0 Å². The van der Waals surface area contributed by atoms with Gasteiger partial charge in [0.25, 0.3) is 0 Å². The number of nitrogens with zero attached hydrogens (tertiary/aromatic N) is 1. The number of hydrogen-bond donors (Lipinski definition) is 1. The van der Waals surface area contributed by atoms with Crippen LogP contribution in [-0.2, 0) is 0 Å². The summed E-state index contributed by atoms with van der Waals surface area (Å²) in [6.45, 7) is 5.57. The molecule has 0 radical (unpaired) electrons. The van der Waals surface area contributed by atoms with E-state index in [1.165, 1.54) is 25.7 Å². The average molecular weight is 194 g/mol. The average Bonchev–Trinajstić information content (AvgIpc) is 2.28. The van der Waals surface area contributed by atoms with Crippen molar-refractivity contribution in [2.75, 3.05) is 6.54 Å². The molecular formula is C12H22N2. The van der Waals surface area contributed by atoms with Crippen LogP contribution >= 0.6 is 0 Å². The Hall–Kier alpha value is -0.550. The molecule has 14 heavy (non-hydrogen) atoms. The maximum atomic E-state index is 8.46. The van der Waals surface area contributed by atoms with Crippen LogP contribution in [0, 0.1) is 23.2 Å². The highest BCUT2D eigenvalue weighted by molar-refractivity contribution is 4.79. The predicted octanol–water partition coefficient (Wildman–Crippen LogP) is 2.70. The SMILES string of the molecule is CC1CCC(NCCC#N)CC(C)C1. The fraction of sp³-hybridized carbons (Fsp3) is 0.917. The standard InChI is InChI=1S/C12H22N2/c1-10-4-5-12(9-11(2)8-10)14-7-3-6-13/h10-12,14H,3-5,7-9H2,1-2H3. The van der Waals surface area contributed by atoms with Gasteiger partial charge in [-0.15, -0.1) is 0 Å². The molecular weight excluding hydrogens is 172 g/mol. The van der Waals surface area contributed by atoms with Gasteiger partial charge in [0.2, 0.25) is 0 Å². The largest absolute Gasteiger partial charge is 0.313 e. The molecule has 1 saturated carbocycles. The Kier molecular flexibility index (Phi) is 4.97. The van der Waals surface area contributed by atoms with E-state index in [4.69, 9.17) is 5.26 Å². The van der Waals surface area contributed by atoms with Crippen LogP contribution in [0.5, 0.6) is 0 Å². The van der Waals surface area contributed by atoms with Gasteiger partial charge in [-0.25, -0.2) is 0 Å². The molecule has 0 saturated heterocycles. The van der Waals surface area contributed by atoms with Gasteiger partial charge in [0.1, 0.15) is 0 Å². The summed E-state index contributed by atoms with van der Waals surface area (Å²) in [6, 6.07) is 2.84. The molecule has 0 amide bonds. The first kappa shape index (κ1) is 11.5. The topological polar surface area (TPSA) is 35.8 Å². The quantitative estimate of drug-likeness (QED) is 0.554. The van der Waals surface area contributed by atoms with E-state index in [1.807, 2.05) is 0 Å². The molecule has 80 valence electrons. The van der Waals surface area contributed by atoms with Crippen molar-refractivity contribution >= 4 is 0 Å². The highest BCUT2D eigenvalue weighted by atomic mass is 14.9. The van der Waals surface area contributed by atoms with Crippen molar-refractivity contribution in [3.05, 3.63) is 0 Å². The minimum Gasteiger partial charge on any atom is -0.313 e. The van der Waals surface area contributed by atoms with Crippen molar-refractivity contribution in [1.82, 2.24) is 5.32 Å². The second kappa shape index (κ2) is 6.03. The van der Waals surface area contributed by atoms with Crippen LogP contribution in [0.4, 0.5) is 0 Å². The molecule has 0 heterocycles. The lowest BCUT2D eigenvalue weighted by Gasteiger charge is -2.17. The normalized spacial score (nSPS) is 33.4. The van der Waals surface area contributed by atoms with Crippen molar-refractivity contribution in [3.63, 3.8) is 0 Å². The monoisotopic (exact) mass is 194 g/mol. The molecule has 1 rings (SSSR count). The summed E-state index contributed by atoms with van der Waals surface area (Å²) in [7, 11) is 0. The fourth-order valence-corrected chi connectivity index (χ4v) is 2.51. The third kappa shape index (κ3) is 4.11. The number of nitriles is 1. The Morgan fingerprint density at radius 3 is 2.71 bits per heavy atom. The smallest absolute Gasteiger partial charge is 0.0635 e. The molecule has 1 N–H and O–H groups in total. The van der Waals surface area contributed by atoms with Gasteiger partial charge in [-0.2, -0.15) is 5.26 Å². The summed E-state index contributed by atoms with van der Waals surface area (Å²) in [4.78, 5) is 0. The third-order valence-corrected chi connectivity index (χ3v) is 3.17. The summed E-state index contributed by atoms with van der Waals surface area (Å²) in [5.74, 6) is 1.72. The minimum absolute atomic E-state index is 0.639. The van der Waals surface area contributed by atoms with Crippen LogP contribution in [0.1, 0.15) is 46.0 Å². The molecule has 1 aliphatic rings. The maximum Gasteiger partial charge on any atom is 0.0635 e. The van der Waals surface area contributed by atoms with E-state index in [0.717, 1.165) is 18.4 Å². The van der Waals surface area contributed by atoms with E-state index >= 15 is 0 Å². The Balaban J connectivity index is 2.27. The predicted molar refractivity (Wildman–Crippen MR) is 58.8 cm³/mol. The van der Waals surface area contributed by atoms with E-state index in [2.05, 4.69) is 25.2 Å². The van der Waals surface area contributed by atoms with Crippen LogP contribution < -0.4 is 5.32 Å². The summed E-state index contributed by atoms with van der Waals surface area (Å²) in [5.41, 5.74) is 0. The molecule has 0 spiro atoms. The van der Waals surface area contributed by atoms with Gasteiger partial charge >= 0.3 is 0 Å². The van der Waals surface area contributed by atoms with Gasteiger partial charge in [0.05, 0.1) is 6.07 Å². The second-order valence-electron chi connectivity index (χ2n) is 4.82. The van der Waals surface area contributed by atoms with Crippen molar-refractivity contribution < 1.29 is 0 Å². The summed E-state index contributed by atoms with van der Waals surface area (Å²) in [5, 5.41) is 11.9.